The first-order valence-corrected chi connectivity index (χ1v) is 6.52. The Morgan fingerprint density at radius 3 is 3.00 bits per heavy atom. The summed E-state index contributed by atoms with van der Waals surface area (Å²) in [6.07, 6.45) is 5.74. The van der Waals surface area contributed by atoms with E-state index in [1.807, 2.05) is 0 Å². The SMILES string of the molecule is NCCN1CCSC2CCCCC21. The van der Waals surface area contributed by atoms with Gasteiger partial charge in [0.15, 0.2) is 0 Å². The smallest absolute Gasteiger partial charge is 0.0215 e. The summed E-state index contributed by atoms with van der Waals surface area (Å²) in [6, 6.07) is 0.857. The van der Waals surface area contributed by atoms with Crippen molar-refractivity contribution in [3.05, 3.63) is 0 Å². The van der Waals surface area contributed by atoms with E-state index < -0.39 is 0 Å². The molecule has 2 rings (SSSR count). The average Bonchev–Trinajstić information content (AvgIpc) is 2.19. The van der Waals surface area contributed by atoms with E-state index in [1.165, 1.54) is 38.0 Å². The molecule has 13 heavy (non-hydrogen) atoms. The number of thioether (sulfide) groups is 1. The molecule has 2 nitrogen and oxygen atoms in total. The zero-order chi connectivity index (χ0) is 9.10. The van der Waals surface area contributed by atoms with Crippen LogP contribution in [0.2, 0.25) is 0 Å². The summed E-state index contributed by atoms with van der Waals surface area (Å²) in [7, 11) is 0. The number of rotatable bonds is 2. The number of fused-ring (bicyclic) bond motifs is 1. The van der Waals surface area contributed by atoms with Gasteiger partial charge in [-0.25, -0.2) is 0 Å². The Labute approximate surface area is 85.2 Å². The molecule has 76 valence electrons. The highest BCUT2D eigenvalue weighted by atomic mass is 32.2. The molecule has 2 atom stereocenters. The van der Waals surface area contributed by atoms with E-state index >= 15 is 0 Å². The van der Waals surface area contributed by atoms with E-state index in [0.29, 0.717) is 0 Å². The summed E-state index contributed by atoms with van der Waals surface area (Å²) < 4.78 is 0. The van der Waals surface area contributed by atoms with Crippen LogP contribution in [-0.4, -0.2) is 41.6 Å². The van der Waals surface area contributed by atoms with Gasteiger partial charge in [-0.15, -0.1) is 0 Å². The highest BCUT2D eigenvalue weighted by molar-refractivity contribution is 8.00. The fourth-order valence-corrected chi connectivity index (χ4v) is 4.13. The highest BCUT2D eigenvalue weighted by Crippen LogP contribution is 2.35. The van der Waals surface area contributed by atoms with Crippen LogP contribution in [0.15, 0.2) is 0 Å². The van der Waals surface area contributed by atoms with Gasteiger partial charge in [0, 0.05) is 36.7 Å². The Hall–Kier alpha value is 0.270. The Kier molecular flexibility index (Phi) is 3.52. The lowest BCUT2D eigenvalue weighted by atomic mass is 9.93. The second-order valence-corrected chi connectivity index (χ2v) is 5.43. The van der Waals surface area contributed by atoms with Crippen molar-refractivity contribution in [2.45, 2.75) is 37.0 Å². The normalized spacial score (nSPS) is 35.8. The quantitative estimate of drug-likeness (QED) is 0.728. The Balaban J connectivity index is 1.94. The number of nitrogens with two attached hydrogens (primary N) is 1. The molecule has 0 amide bonds. The standard InChI is InChI=1S/C10H20N2S/c11-5-6-12-7-8-13-10-4-2-1-3-9(10)12/h9-10H,1-8,11H2. The van der Waals surface area contributed by atoms with Crippen molar-refractivity contribution in [2.24, 2.45) is 5.73 Å². The second-order valence-electron chi connectivity index (χ2n) is 4.09. The van der Waals surface area contributed by atoms with Gasteiger partial charge in [0.05, 0.1) is 0 Å². The van der Waals surface area contributed by atoms with E-state index in [-0.39, 0.29) is 0 Å². The molecule has 1 aliphatic heterocycles. The Bertz CT molecular complexity index is 159. The molecule has 0 aromatic carbocycles. The molecule has 0 bridgehead atoms. The molecule has 2 aliphatic rings. The zero-order valence-corrected chi connectivity index (χ0v) is 9.06. The predicted octanol–water partition coefficient (Wildman–Crippen LogP) is 1.31. The lowest BCUT2D eigenvalue weighted by Crippen LogP contribution is -2.50. The van der Waals surface area contributed by atoms with Gasteiger partial charge >= 0.3 is 0 Å². The maximum atomic E-state index is 5.63. The summed E-state index contributed by atoms with van der Waals surface area (Å²) in [6.45, 7) is 3.21. The molecule has 1 heterocycles. The molecule has 0 spiro atoms. The average molecular weight is 200 g/mol. The van der Waals surface area contributed by atoms with Crippen molar-refractivity contribution >= 4 is 11.8 Å². The van der Waals surface area contributed by atoms with Gasteiger partial charge in [-0.05, 0) is 12.8 Å². The first kappa shape index (κ1) is 9.81. The molecular formula is C10H20N2S. The van der Waals surface area contributed by atoms with Gasteiger partial charge in [0.1, 0.15) is 0 Å². The molecule has 0 aromatic heterocycles. The van der Waals surface area contributed by atoms with Crippen LogP contribution in [0, 0.1) is 0 Å². The minimum Gasteiger partial charge on any atom is -0.329 e. The molecule has 2 fully saturated rings. The summed E-state index contributed by atoms with van der Waals surface area (Å²) in [5.41, 5.74) is 5.63. The van der Waals surface area contributed by atoms with Crippen molar-refractivity contribution in [3.8, 4) is 0 Å². The fraction of sp³-hybridized carbons (Fsp3) is 1.00. The molecule has 2 N–H and O–H groups in total. The van der Waals surface area contributed by atoms with Crippen LogP contribution in [-0.2, 0) is 0 Å². The summed E-state index contributed by atoms with van der Waals surface area (Å²) in [5.74, 6) is 1.32. The van der Waals surface area contributed by atoms with Crippen molar-refractivity contribution in [1.82, 2.24) is 4.90 Å². The number of hydrogen-bond donors (Lipinski definition) is 1. The summed E-state index contributed by atoms with van der Waals surface area (Å²) in [4.78, 5) is 2.63. The third-order valence-corrected chi connectivity index (χ3v) is 4.66. The molecular weight excluding hydrogens is 180 g/mol. The van der Waals surface area contributed by atoms with Gasteiger partial charge in [-0.2, -0.15) is 11.8 Å². The van der Waals surface area contributed by atoms with Gasteiger partial charge in [0.25, 0.3) is 0 Å². The number of nitrogens with zero attached hydrogens (tertiary/aromatic N) is 1. The van der Waals surface area contributed by atoms with Crippen molar-refractivity contribution in [3.63, 3.8) is 0 Å². The molecule has 0 aromatic rings. The third-order valence-electron chi connectivity index (χ3n) is 3.26. The molecule has 1 aliphatic carbocycles. The second kappa shape index (κ2) is 4.67. The first-order chi connectivity index (χ1) is 6.42. The monoisotopic (exact) mass is 200 g/mol. The highest BCUT2D eigenvalue weighted by Gasteiger charge is 2.32. The minimum absolute atomic E-state index is 0.827. The van der Waals surface area contributed by atoms with Gasteiger partial charge in [-0.1, -0.05) is 12.8 Å². The van der Waals surface area contributed by atoms with Crippen molar-refractivity contribution in [1.29, 1.82) is 0 Å². The van der Waals surface area contributed by atoms with Crippen molar-refractivity contribution < 1.29 is 0 Å². The Morgan fingerprint density at radius 2 is 2.15 bits per heavy atom. The maximum Gasteiger partial charge on any atom is 0.0215 e. The van der Waals surface area contributed by atoms with E-state index in [4.69, 9.17) is 5.73 Å². The van der Waals surface area contributed by atoms with Gasteiger partial charge in [0.2, 0.25) is 0 Å². The third kappa shape index (κ3) is 2.20. The van der Waals surface area contributed by atoms with Gasteiger partial charge in [-0.3, -0.25) is 4.90 Å². The number of hydrogen-bond acceptors (Lipinski definition) is 3. The topological polar surface area (TPSA) is 29.3 Å². The van der Waals surface area contributed by atoms with E-state index in [1.54, 1.807) is 0 Å². The maximum absolute atomic E-state index is 5.63. The van der Waals surface area contributed by atoms with Crippen molar-refractivity contribution in [2.75, 3.05) is 25.4 Å². The van der Waals surface area contributed by atoms with Crippen LogP contribution in [0.25, 0.3) is 0 Å². The van der Waals surface area contributed by atoms with Crippen LogP contribution in [0.4, 0.5) is 0 Å². The first-order valence-electron chi connectivity index (χ1n) is 5.47. The lowest BCUT2D eigenvalue weighted by molar-refractivity contribution is 0.167. The van der Waals surface area contributed by atoms with Crippen LogP contribution < -0.4 is 5.73 Å². The predicted molar refractivity (Wildman–Crippen MR) is 59.1 cm³/mol. The lowest BCUT2D eigenvalue weighted by Gasteiger charge is -2.43. The largest absolute Gasteiger partial charge is 0.329 e. The molecule has 1 saturated carbocycles. The molecule has 3 heteroatoms. The van der Waals surface area contributed by atoms with E-state index in [2.05, 4.69) is 16.7 Å². The van der Waals surface area contributed by atoms with Crippen LogP contribution in [0.1, 0.15) is 25.7 Å². The van der Waals surface area contributed by atoms with Crippen LogP contribution in [0.3, 0.4) is 0 Å². The Morgan fingerprint density at radius 1 is 1.31 bits per heavy atom. The summed E-state index contributed by atoms with van der Waals surface area (Å²) in [5, 5.41) is 0.925. The molecule has 1 saturated heterocycles. The van der Waals surface area contributed by atoms with E-state index in [9.17, 15) is 0 Å². The fourth-order valence-electron chi connectivity index (χ4n) is 2.62. The zero-order valence-electron chi connectivity index (χ0n) is 8.24. The minimum atomic E-state index is 0.827. The van der Waals surface area contributed by atoms with Crippen LogP contribution >= 0.6 is 11.8 Å². The van der Waals surface area contributed by atoms with Gasteiger partial charge < -0.3 is 5.73 Å². The summed E-state index contributed by atoms with van der Waals surface area (Å²) >= 11 is 2.19. The molecule has 0 radical (unpaired) electrons. The van der Waals surface area contributed by atoms with E-state index in [0.717, 1.165) is 24.4 Å². The molecule has 2 unspecified atom stereocenters. The van der Waals surface area contributed by atoms with Crippen LogP contribution in [0.5, 0.6) is 0 Å².